The molecule has 0 saturated carbocycles. The maximum atomic E-state index is 12.2. The van der Waals surface area contributed by atoms with Crippen LogP contribution in [0.15, 0.2) is 53.6 Å². The number of benzene rings is 1. The van der Waals surface area contributed by atoms with E-state index in [4.69, 9.17) is 18.0 Å². The molecule has 1 atom stereocenters. The first kappa shape index (κ1) is 14.9. The summed E-state index contributed by atoms with van der Waals surface area (Å²) in [4.78, 5) is 23.5. The molecule has 0 radical (unpaired) electrons. The third kappa shape index (κ3) is 3.76. The largest absolute Gasteiger partial charge is 0.389 e. The van der Waals surface area contributed by atoms with Gasteiger partial charge in [-0.2, -0.15) is 0 Å². The molecule has 1 unspecified atom stereocenters. The zero-order valence-electron chi connectivity index (χ0n) is 11.4. The number of nitrogens with one attached hydrogen (secondary N) is 1. The number of carbonyl (C=O) groups is 1. The molecular formula is C15H15N3O2S. The summed E-state index contributed by atoms with van der Waals surface area (Å²) in [5.74, 6) is -0.179. The summed E-state index contributed by atoms with van der Waals surface area (Å²) in [6, 6.07) is 9.39. The Hall–Kier alpha value is -2.47. The highest BCUT2D eigenvalue weighted by Gasteiger charge is 2.13. The minimum absolute atomic E-state index is 0.0906. The number of hydrogen-bond acceptors (Lipinski definition) is 3. The zero-order chi connectivity index (χ0) is 15.4. The van der Waals surface area contributed by atoms with Crippen LogP contribution in [-0.2, 0) is 4.79 Å². The number of rotatable bonds is 4. The lowest BCUT2D eigenvalue weighted by Crippen LogP contribution is -2.24. The Morgan fingerprint density at radius 3 is 2.29 bits per heavy atom. The van der Waals surface area contributed by atoms with Gasteiger partial charge < -0.3 is 15.6 Å². The number of nitrogens with two attached hydrogens (primary N) is 1. The van der Waals surface area contributed by atoms with E-state index in [0.717, 1.165) is 5.56 Å². The molecular weight excluding hydrogens is 286 g/mol. The topological polar surface area (TPSA) is 77.1 Å². The van der Waals surface area contributed by atoms with Gasteiger partial charge >= 0.3 is 0 Å². The van der Waals surface area contributed by atoms with Gasteiger partial charge in [0.15, 0.2) is 5.43 Å². The SMILES string of the molecule is CC(C(=O)Nc1ccc(C(N)=S)cc1)n1ccc(=O)cc1. The number of thiocarbonyl (C=S) groups is 1. The van der Waals surface area contributed by atoms with Crippen LogP contribution < -0.4 is 16.5 Å². The molecule has 1 aromatic heterocycles. The van der Waals surface area contributed by atoms with Crippen molar-refractivity contribution in [1.29, 1.82) is 0 Å². The quantitative estimate of drug-likeness (QED) is 0.842. The van der Waals surface area contributed by atoms with Gasteiger partial charge in [-0.25, -0.2) is 0 Å². The van der Waals surface area contributed by atoms with E-state index in [1.165, 1.54) is 12.1 Å². The number of pyridine rings is 1. The Balaban J connectivity index is 2.08. The molecule has 0 saturated heterocycles. The highest BCUT2D eigenvalue weighted by Crippen LogP contribution is 2.13. The highest BCUT2D eigenvalue weighted by molar-refractivity contribution is 7.80. The molecule has 0 aliphatic rings. The second-order valence-electron chi connectivity index (χ2n) is 4.59. The summed E-state index contributed by atoms with van der Waals surface area (Å²) in [7, 11) is 0. The maximum absolute atomic E-state index is 12.2. The standard InChI is InChI=1S/C15H15N3O2S/c1-10(18-8-6-13(19)7-9-18)15(20)17-12-4-2-11(3-5-12)14(16)21/h2-10H,1H3,(H2,16,21)(H,17,20). The van der Waals surface area contributed by atoms with E-state index in [-0.39, 0.29) is 11.3 Å². The van der Waals surface area contributed by atoms with Crippen LogP contribution in [-0.4, -0.2) is 15.5 Å². The second kappa shape index (κ2) is 6.32. The first-order valence-corrected chi connectivity index (χ1v) is 6.77. The molecule has 3 N–H and O–H groups in total. The van der Waals surface area contributed by atoms with Gasteiger partial charge in [0.1, 0.15) is 11.0 Å². The summed E-state index contributed by atoms with van der Waals surface area (Å²) in [6.07, 6.45) is 3.17. The molecule has 0 aliphatic carbocycles. The molecule has 1 heterocycles. The molecule has 108 valence electrons. The monoisotopic (exact) mass is 301 g/mol. The van der Waals surface area contributed by atoms with Gasteiger partial charge in [-0.3, -0.25) is 9.59 Å². The minimum Gasteiger partial charge on any atom is -0.389 e. The Morgan fingerprint density at radius 2 is 1.76 bits per heavy atom. The molecule has 5 nitrogen and oxygen atoms in total. The molecule has 0 spiro atoms. The second-order valence-corrected chi connectivity index (χ2v) is 5.03. The number of anilines is 1. The van der Waals surface area contributed by atoms with Gasteiger partial charge in [-0.15, -0.1) is 0 Å². The number of amides is 1. The highest BCUT2D eigenvalue weighted by atomic mass is 32.1. The van der Waals surface area contributed by atoms with Crippen LogP contribution in [0, 0.1) is 0 Å². The molecule has 6 heteroatoms. The fourth-order valence-electron chi connectivity index (χ4n) is 1.78. The average Bonchev–Trinajstić information content (AvgIpc) is 2.47. The number of carbonyl (C=O) groups excluding carboxylic acids is 1. The average molecular weight is 301 g/mol. The van der Waals surface area contributed by atoms with E-state index in [0.29, 0.717) is 10.7 Å². The van der Waals surface area contributed by atoms with Crippen molar-refractivity contribution < 1.29 is 4.79 Å². The lowest BCUT2D eigenvalue weighted by atomic mass is 10.2. The molecule has 1 aromatic carbocycles. The fourth-order valence-corrected chi connectivity index (χ4v) is 1.92. The number of hydrogen-bond donors (Lipinski definition) is 2. The summed E-state index contributed by atoms with van der Waals surface area (Å²) < 4.78 is 1.67. The van der Waals surface area contributed by atoms with Gasteiger partial charge in [0.25, 0.3) is 0 Å². The van der Waals surface area contributed by atoms with Crippen molar-refractivity contribution in [3.05, 3.63) is 64.6 Å². The van der Waals surface area contributed by atoms with Crippen LogP contribution in [0.2, 0.25) is 0 Å². The lowest BCUT2D eigenvalue weighted by Gasteiger charge is -2.15. The van der Waals surface area contributed by atoms with Gasteiger partial charge in [-0.1, -0.05) is 12.2 Å². The third-order valence-electron chi connectivity index (χ3n) is 3.09. The first-order valence-electron chi connectivity index (χ1n) is 6.36. The van der Waals surface area contributed by atoms with Crippen LogP contribution in [0.4, 0.5) is 5.69 Å². The smallest absolute Gasteiger partial charge is 0.247 e. The predicted molar refractivity (Wildman–Crippen MR) is 86.4 cm³/mol. The third-order valence-corrected chi connectivity index (χ3v) is 3.32. The molecule has 2 aromatic rings. The Labute approximate surface area is 127 Å². The van der Waals surface area contributed by atoms with Crippen LogP contribution >= 0.6 is 12.2 Å². The van der Waals surface area contributed by atoms with E-state index in [2.05, 4.69) is 5.32 Å². The van der Waals surface area contributed by atoms with Crippen molar-refractivity contribution in [2.45, 2.75) is 13.0 Å². The van der Waals surface area contributed by atoms with Gasteiger partial charge in [-0.05, 0) is 31.2 Å². The predicted octanol–water partition coefficient (Wildman–Crippen LogP) is 1.68. The van der Waals surface area contributed by atoms with Crippen LogP contribution in [0.25, 0.3) is 0 Å². The van der Waals surface area contributed by atoms with E-state index in [1.54, 1.807) is 48.1 Å². The van der Waals surface area contributed by atoms with Crippen molar-refractivity contribution in [2.24, 2.45) is 5.73 Å². The maximum Gasteiger partial charge on any atom is 0.247 e. The Morgan fingerprint density at radius 1 is 1.19 bits per heavy atom. The van der Waals surface area contributed by atoms with Gasteiger partial charge in [0, 0.05) is 35.8 Å². The molecule has 21 heavy (non-hydrogen) atoms. The van der Waals surface area contributed by atoms with Gasteiger partial charge in [0.2, 0.25) is 5.91 Å². The molecule has 0 bridgehead atoms. The first-order chi connectivity index (χ1) is 9.97. The molecule has 2 rings (SSSR count). The fraction of sp³-hybridized carbons (Fsp3) is 0.133. The Kier molecular flexibility index (Phi) is 4.49. The number of nitrogens with zero attached hydrogens (tertiary/aromatic N) is 1. The van der Waals surface area contributed by atoms with Crippen molar-refractivity contribution in [3.63, 3.8) is 0 Å². The lowest BCUT2D eigenvalue weighted by molar-refractivity contribution is -0.118. The minimum atomic E-state index is -0.430. The van der Waals surface area contributed by atoms with Crippen molar-refractivity contribution in [3.8, 4) is 0 Å². The van der Waals surface area contributed by atoms with E-state index in [1.807, 2.05) is 0 Å². The van der Waals surface area contributed by atoms with Crippen LogP contribution in [0.1, 0.15) is 18.5 Å². The van der Waals surface area contributed by atoms with Crippen molar-refractivity contribution in [1.82, 2.24) is 4.57 Å². The van der Waals surface area contributed by atoms with Crippen molar-refractivity contribution in [2.75, 3.05) is 5.32 Å². The molecule has 0 aliphatic heterocycles. The zero-order valence-corrected chi connectivity index (χ0v) is 12.3. The summed E-state index contributed by atoms with van der Waals surface area (Å²) in [5, 5.41) is 2.80. The van der Waals surface area contributed by atoms with E-state index in [9.17, 15) is 9.59 Å². The molecule has 0 fully saturated rings. The van der Waals surface area contributed by atoms with Crippen LogP contribution in [0.5, 0.6) is 0 Å². The summed E-state index contributed by atoms with van der Waals surface area (Å²) in [5.41, 5.74) is 6.83. The Bertz CT molecular complexity index is 702. The summed E-state index contributed by atoms with van der Waals surface area (Å²) in [6.45, 7) is 1.75. The van der Waals surface area contributed by atoms with Crippen molar-refractivity contribution >= 4 is 28.8 Å². The molecule has 1 amide bonds. The normalized spacial score (nSPS) is 11.7. The van der Waals surface area contributed by atoms with Crippen LogP contribution in [0.3, 0.4) is 0 Å². The van der Waals surface area contributed by atoms with E-state index >= 15 is 0 Å². The summed E-state index contributed by atoms with van der Waals surface area (Å²) >= 11 is 4.87. The van der Waals surface area contributed by atoms with Gasteiger partial charge in [0.05, 0.1) is 0 Å². The number of aromatic nitrogens is 1. The van der Waals surface area contributed by atoms with E-state index < -0.39 is 6.04 Å².